The molecular formula is C23H15ClO5. The molecule has 0 aliphatic carbocycles. The van der Waals surface area contributed by atoms with Crippen LogP contribution in [0.15, 0.2) is 82.0 Å². The van der Waals surface area contributed by atoms with Crippen molar-refractivity contribution in [1.29, 1.82) is 0 Å². The lowest BCUT2D eigenvalue weighted by molar-refractivity contribution is 0.0731. The molecule has 0 fully saturated rings. The third-order valence-electron chi connectivity index (χ3n) is 4.37. The molecule has 0 spiro atoms. The van der Waals surface area contributed by atoms with Crippen LogP contribution in [-0.2, 0) is 0 Å². The fourth-order valence-electron chi connectivity index (χ4n) is 2.90. The molecule has 0 amide bonds. The first-order chi connectivity index (χ1) is 14.1. The van der Waals surface area contributed by atoms with Crippen LogP contribution < -0.4 is 14.9 Å². The molecule has 144 valence electrons. The molecule has 4 aromatic rings. The molecule has 0 bridgehead atoms. The highest BCUT2D eigenvalue weighted by Crippen LogP contribution is 2.33. The third kappa shape index (κ3) is 3.73. The van der Waals surface area contributed by atoms with Gasteiger partial charge in [-0.3, -0.25) is 4.79 Å². The molecule has 5 nitrogen and oxygen atoms in total. The van der Waals surface area contributed by atoms with E-state index in [2.05, 4.69) is 0 Å². The topological polar surface area (TPSA) is 65.7 Å². The molecule has 1 aromatic heterocycles. The lowest BCUT2D eigenvalue weighted by atomic mass is 10.1. The number of hydrogen-bond acceptors (Lipinski definition) is 5. The summed E-state index contributed by atoms with van der Waals surface area (Å²) in [4.78, 5) is 25.7. The number of ether oxygens (including phenoxy) is 2. The quantitative estimate of drug-likeness (QED) is 0.428. The van der Waals surface area contributed by atoms with Gasteiger partial charge in [0.25, 0.3) is 0 Å². The van der Waals surface area contributed by atoms with E-state index in [0.29, 0.717) is 27.5 Å². The van der Waals surface area contributed by atoms with Crippen molar-refractivity contribution < 1.29 is 18.7 Å². The second kappa shape index (κ2) is 7.81. The average molecular weight is 407 g/mol. The normalized spacial score (nSPS) is 10.7. The monoisotopic (exact) mass is 406 g/mol. The fraction of sp³-hybridized carbons (Fsp3) is 0.0435. The Bertz CT molecular complexity index is 1240. The van der Waals surface area contributed by atoms with Crippen molar-refractivity contribution in [1.82, 2.24) is 0 Å². The zero-order valence-corrected chi connectivity index (χ0v) is 16.1. The van der Waals surface area contributed by atoms with Gasteiger partial charge < -0.3 is 13.9 Å². The van der Waals surface area contributed by atoms with Gasteiger partial charge in [-0.1, -0.05) is 29.8 Å². The van der Waals surface area contributed by atoms with Crippen molar-refractivity contribution in [2.24, 2.45) is 0 Å². The Hall–Kier alpha value is -3.57. The van der Waals surface area contributed by atoms with E-state index in [-0.39, 0.29) is 16.9 Å². The zero-order valence-electron chi connectivity index (χ0n) is 15.3. The minimum atomic E-state index is -0.658. The summed E-state index contributed by atoms with van der Waals surface area (Å²) >= 11 is 6.03. The molecule has 4 rings (SSSR count). The van der Waals surface area contributed by atoms with Gasteiger partial charge in [-0.05, 0) is 54.6 Å². The summed E-state index contributed by atoms with van der Waals surface area (Å²) in [7, 11) is 1.56. The number of halogens is 1. The first-order valence-electron chi connectivity index (χ1n) is 8.75. The van der Waals surface area contributed by atoms with Gasteiger partial charge in [0, 0.05) is 10.6 Å². The van der Waals surface area contributed by atoms with E-state index in [0.717, 1.165) is 0 Å². The number of methoxy groups -OCH3 is 1. The number of hydrogen-bond donors (Lipinski definition) is 0. The minimum Gasteiger partial charge on any atom is -0.497 e. The van der Waals surface area contributed by atoms with Crippen LogP contribution in [0.25, 0.3) is 22.3 Å². The lowest BCUT2D eigenvalue weighted by Gasteiger charge is -2.11. The van der Waals surface area contributed by atoms with Crippen molar-refractivity contribution in [2.45, 2.75) is 0 Å². The summed E-state index contributed by atoms with van der Waals surface area (Å²) in [6.07, 6.45) is 0. The van der Waals surface area contributed by atoms with E-state index in [1.54, 1.807) is 73.8 Å². The lowest BCUT2D eigenvalue weighted by Crippen LogP contribution is -2.16. The summed E-state index contributed by atoms with van der Waals surface area (Å²) in [6, 6.07) is 20.0. The smallest absolute Gasteiger partial charge is 0.343 e. The summed E-state index contributed by atoms with van der Waals surface area (Å²) in [5.74, 6) is -0.0592. The van der Waals surface area contributed by atoms with Crippen LogP contribution in [0.5, 0.6) is 11.5 Å². The number of rotatable bonds is 4. The number of fused-ring (bicyclic) bond motifs is 1. The van der Waals surface area contributed by atoms with Gasteiger partial charge in [-0.15, -0.1) is 0 Å². The van der Waals surface area contributed by atoms with Gasteiger partial charge in [-0.2, -0.15) is 0 Å². The van der Waals surface area contributed by atoms with E-state index in [1.807, 2.05) is 0 Å². The molecule has 0 aliphatic rings. The Morgan fingerprint density at radius 1 is 0.966 bits per heavy atom. The van der Waals surface area contributed by atoms with E-state index in [1.165, 1.54) is 6.07 Å². The van der Waals surface area contributed by atoms with Crippen molar-refractivity contribution >= 4 is 28.5 Å². The number of esters is 1. The first-order valence-corrected chi connectivity index (χ1v) is 9.12. The molecule has 0 saturated heterocycles. The number of carbonyl (C=O) groups is 1. The van der Waals surface area contributed by atoms with E-state index in [4.69, 9.17) is 25.5 Å². The highest BCUT2D eigenvalue weighted by atomic mass is 35.5. The average Bonchev–Trinajstić information content (AvgIpc) is 2.76. The summed E-state index contributed by atoms with van der Waals surface area (Å²) in [5, 5.41) is 0.605. The van der Waals surface area contributed by atoms with Gasteiger partial charge in [0.15, 0.2) is 5.76 Å². The maximum Gasteiger partial charge on any atom is 0.343 e. The SMILES string of the molecule is COc1ccc(-c2oc3ccc(Cl)cc3c(=O)c2OC(=O)c2ccccc2)cc1. The summed E-state index contributed by atoms with van der Waals surface area (Å²) < 4.78 is 16.6. The zero-order chi connectivity index (χ0) is 20.4. The molecule has 3 aromatic carbocycles. The highest BCUT2D eigenvalue weighted by molar-refractivity contribution is 6.31. The molecule has 0 atom stereocenters. The molecule has 6 heteroatoms. The Balaban J connectivity index is 1.90. The number of benzene rings is 3. The predicted octanol–water partition coefficient (Wildman–Crippen LogP) is 5.34. The second-order valence-electron chi connectivity index (χ2n) is 6.21. The Morgan fingerprint density at radius 3 is 2.38 bits per heavy atom. The molecule has 29 heavy (non-hydrogen) atoms. The van der Waals surface area contributed by atoms with Crippen LogP contribution >= 0.6 is 11.6 Å². The van der Waals surface area contributed by atoms with Gasteiger partial charge in [0.1, 0.15) is 11.3 Å². The summed E-state index contributed by atoms with van der Waals surface area (Å²) in [5.41, 5.74) is 0.739. The fourth-order valence-corrected chi connectivity index (χ4v) is 3.07. The molecule has 0 aliphatic heterocycles. The summed E-state index contributed by atoms with van der Waals surface area (Å²) in [6.45, 7) is 0. The van der Waals surface area contributed by atoms with Gasteiger partial charge in [-0.25, -0.2) is 4.79 Å². The minimum absolute atomic E-state index is 0.150. The van der Waals surface area contributed by atoms with Crippen LogP contribution in [0, 0.1) is 0 Å². The third-order valence-corrected chi connectivity index (χ3v) is 4.60. The maximum absolute atomic E-state index is 13.1. The van der Waals surface area contributed by atoms with Crippen LogP contribution in [0.1, 0.15) is 10.4 Å². The van der Waals surface area contributed by atoms with Crippen molar-refractivity contribution in [2.75, 3.05) is 7.11 Å². The van der Waals surface area contributed by atoms with Crippen LogP contribution in [0.4, 0.5) is 0 Å². The van der Waals surface area contributed by atoms with Gasteiger partial charge in [0.05, 0.1) is 18.1 Å². The maximum atomic E-state index is 13.1. The van der Waals surface area contributed by atoms with E-state index in [9.17, 15) is 9.59 Å². The van der Waals surface area contributed by atoms with Gasteiger partial charge >= 0.3 is 5.97 Å². The Morgan fingerprint density at radius 2 is 1.69 bits per heavy atom. The van der Waals surface area contributed by atoms with Crippen LogP contribution in [0.3, 0.4) is 0 Å². The second-order valence-corrected chi connectivity index (χ2v) is 6.65. The predicted molar refractivity (Wildman–Crippen MR) is 111 cm³/mol. The molecule has 0 radical (unpaired) electrons. The molecule has 0 unspecified atom stereocenters. The van der Waals surface area contributed by atoms with Crippen LogP contribution in [-0.4, -0.2) is 13.1 Å². The van der Waals surface area contributed by atoms with Crippen molar-refractivity contribution in [3.05, 3.63) is 93.6 Å². The molecular weight excluding hydrogens is 392 g/mol. The van der Waals surface area contributed by atoms with E-state index >= 15 is 0 Å². The first kappa shape index (κ1) is 18.8. The largest absolute Gasteiger partial charge is 0.497 e. The van der Waals surface area contributed by atoms with Crippen molar-refractivity contribution in [3.8, 4) is 22.8 Å². The highest BCUT2D eigenvalue weighted by Gasteiger charge is 2.21. The van der Waals surface area contributed by atoms with Crippen LogP contribution in [0.2, 0.25) is 5.02 Å². The van der Waals surface area contributed by atoms with Gasteiger partial charge in [0.2, 0.25) is 11.2 Å². The molecule has 0 N–H and O–H groups in total. The van der Waals surface area contributed by atoms with Crippen molar-refractivity contribution in [3.63, 3.8) is 0 Å². The number of carbonyl (C=O) groups excluding carboxylic acids is 1. The standard InChI is InChI=1S/C23H15ClO5/c1-27-17-10-7-14(8-11-17)21-22(29-23(26)15-5-3-2-4-6-15)20(25)18-13-16(24)9-12-19(18)28-21/h2-13H,1H3. The Kier molecular flexibility index (Phi) is 5.06. The molecule has 1 heterocycles. The molecule has 0 saturated carbocycles. The Labute approximate surface area is 171 Å². The van der Waals surface area contributed by atoms with E-state index < -0.39 is 11.4 Å².